The molecule has 1 saturated heterocycles. The standard InChI is InChI=1S/C15H24N2O4/c1-10(15(20)21)13(18)16-12-8-5-9-17(14(12)19)11-6-3-2-4-7-11/h10-12H,2-9H2,1H3,(H,16,18)(H,20,21). The molecule has 6 heteroatoms. The van der Waals surface area contributed by atoms with E-state index in [9.17, 15) is 14.4 Å². The molecular weight excluding hydrogens is 272 g/mol. The Balaban J connectivity index is 1.96. The minimum atomic E-state index is -1.17. The second-order valence-electron chi connectivity index (χ2n) is 6.09. The Morgan fingerprint density at radius 2 is 1.86 bits per heavy atom. The molecule has 6 nitrogen and oxygen atoms in total. The first-order valence-corrected chi connectivity index (χ1v) is 7.84. The predicted molar refractivity (Wildman–Crippen MR) is 76.6 cm³/mol. The molecule has 0 radical (unpaired) electrons. The maximum Gasteiger partial charge on any atom is 0.315 e. The quantitative estimate of drug-likeness (QED) is 0.762. The predicted octanol–water partition coefficient (Wildman–Crippen LogP) is 1.15. The third-order valence-electron chi connectivity index (χ3n) is 4.57. The van der Waals surface area contributed by atoms with Gasteiger partial charge in [-0.3, -0.25) is 14.4 Å². The van der Waals surface area contributed by atoms with Crippen molar-refractivity contribution >= 4 is 17.8 Å². The van der Waals surface area contributed by atoms with Gasteiger partial charge in [0.25, 0.3) is 0 Å². The summed E-state index contributed by atoms with van der Waals surface area (Å²) in [6.45, 7) is 2.09. The Morgan fingerprint density at radius 1 is 1.19 bits per heavy atom. The van der Waals surface area contributed by atoms with Gasteiger partial charge in [0.2, 0.25) is 11.8 Å². The van der Waals surface area contributed by atoms with Crippen LogP contribution in [0.2, 0.25) is 0 Å². The fraction of sp³-hybridized carbons (Fsp3) is 0.800. The molecule has 118 valence electrons. The number of nitrogens with one attached hydrogen (secondary N) is 1. The van der Waals surface area contributed by atoms with E-state index in [1.165, 1.54) is 13.3 Å². The lowest BCUT2D eigenvalue weighted by molar-refractivity contribution is -0.149. The summed E-state index contributed by atoms with van der Waals surface area (Å²) in [5.41, 5.74) is 0. The van der Waals surface area contributed by atoms with E-state index in [2.05, 4.69) is 5.32 Å². The molecule has 2 atom stereocenters. The number of carbonyl (C=O) groups excluding carboxylic acids is 2. The largest absolute Gasteiger partial charge is 0.481 e. The van der Waals surface area contributed by atoms with Gasteiger partial charge >= 0.3 is 5.97 Å². The van der Waals surface area contributed by atoms with Crippen LogP contribution in [-0.2, 0) is 14.4 Å². The smallest absolute Gasteiger partial charge is 0.315 e. The van der Waals surface area contributed by atoms with Gasteiger partial charge in [0, 0.05) is 12.6 Å². The van der Waals surface area contributed by atoms with Crippen LogP contribution in [0.5, 0.6) is 0 Å². The average molecular weight is 296 g/mol. The fourth-order valence-electron chi connectivity index (χ4n) is 3.20. The zero-order valence-electron chi connectivity index (χ0n) is 12.5. The highest BCUT2D eigenvalue weighted by molar-refractivity contribution is 5.98. The Morgan fingerprint density at radius 3 is 2.48 bits per heavy atom. The van der Waals surface area contributed by atoms with E-state index in [-0.39, 0.29) is 5.91 Å². The highest BCUT2D eigenvalue weighted by Gasteiger charge is 2.35. The fourth-order valence-corrected chi connectivity index (χ4v) is 3.20. The second-order valence-corrected chi connectivity index (χ2v) is 6.09. The van der Waals surface area contributed by atoms with Crippen LogP contribution >= 0.6 is 0 Å². The zero-order chi connectivity index (χ0) is 15.4. The van der Waals surface area contributed by atoms with Crippen LogP contribution in [0.4, 0.5) is 0 Å². The molecule has 0 aromatic carbocycles. The van der Waals surface area contributed by atoms with Gasteiger partial charge in [-0.05, 0) is 32.6 Å². The number of piperidine rings is 1. The van der Waals surface area contributed by atoms with Crippen molar-refractivity contribution in [1.29, 1.82) is 0 Å². The lowest BCUT2D eigenvalue weighted by Gasteiger charge is -2.40. The number of nitrogens with zero attached hydrogens (tertiary/aromatic N) is 1. The van der Waals surface area contributed by atoms with E-state index >= 15 is 0 Å². The van der Waals surface area contributed by atoms with E-state index in [0.29, 0.717) is 12.5 Å². The lowest BCUT2D eigenvalue weighted by Crippen LogP contribution is -2.56. The van der Waals surface area contributed by atoms with Crippen LogP contribution in [0, 0.1) is 5.92 Å². The summed E-state index contributed by atoms with van der Waals surface area (Å²) in [6.07, 6.45) is 7.07. The van der Waals surface area contributed by atoms with Gasteiger partial charge in [-0.2, -0.15) is 0 Å². The molecule has 1 saturated carbocycles. The number of rotatable bonds is 4. The first-order chi connectivity index (χ1) is 10.0. The van der Waals surface area contributed by atoms with E-state index < -0.39 is 23.8 Å². The van der Waals surface area contributed by atoms with E-state index in [0.717, 1.165) is 38.6 Å². The summed E-state index contributed by atoms with van der Waals surface area (Å²) in [4.78, 5) is 37.1. The molecule has 2 N–H and O–H groups in total. The Kier molecular flexibility index (Phi) is 5.20. The number of amides is 2. The minimum absolute atomic E-state index is 0.0425. The van der Waals surface area contributed by atoms with Gasteiger partial charge in [-0.15, -0.1) is 0 Å². The first kappa shape index (κ1) is 15.8. The molecule has 2 aliphatic rings. The third-order valence-corrected chi connectivity index (χ3v) is 4.57. The maximum absolute atomic E-state index is 12.5. The molecule has 0 aromatic heterocycles. The Labute approximate surface area is 124 Å². The maximum atomic E-state index is 12.5. The molecule has 2 unspecified atom stereocenters. The van der Waals surface area contributed by atoms with Crippen molar-refractivity contribution in [2.75, 3.05) is 6.54 Å². The summed E-state index contributed by atoms with van der Waals surface area (Å²) in [5.74, 6) is -2.91. The molecule has 0 bridgehead atoms. The summed E-state index contributed by atoms with van der Waals surface area (Å²) < 4.78 is 0. The number of hydrogen-bond donors (Lipinski definition) is 2. The monoisotopic (exact) mass is 296 g/mol. The van der Waals surface area contributed by atoms with Gasteiger partial charge in [-0.25, -0.2) is 0 Å². The van der Waals surface area contributed by atoms with Crippen LogP contribution in [-0.4, -0.2) is 46.4 Å². The normalized spacial score (nSPS) is 25.5. The first-order valence-electron chi connectivity index (χ1n) is 7.84. The van der Waals surface area contributed by atoms with E-state index in [4.69, 9.17) is 5.11 Å². The number of carboxylic acids is 1. The van der Waals surface area contributed by atoms with Crippen LogP contribution in [0.25, 0.3) is 0 Å². The lowest BCUT2D eigenvalue weighted by atomic mass is 9.91. The van der Waals surface area contributed by atoms with Crippen molar-refractivity contribution in [3.63, 3.8) is 0 Å². The molecule has 1 aliphatic heterocycles. The van der Waals surface area contributed by atoms with Gasteiger partial charge in [0.05, 0.1) is 0 Å². The number of carboxylic acid groups (broad SMARTS) is 1. The molecule has 2 amide bonds. The van der Waals surface area contributed by atoms with Crippen LogP contribution in [0.3, 0.4) is 0 Å². The van der Waals surface area contributed by atoms with Crippen LogP contribution in [0.15, 0.2) is 0 Å². The summed E-state index contributed by atoms with van der Waals surface area (Å²) in [6, 6.07) is -0.266. The zero-order valence-corrected chi connectivity index (χ0v) is 12.5. The number of hydrogen-bond acceptors (Lipinski definition) is 3. The van der Waals surface area contributed by atoms with E-state index in [1.54, 1.807) is 0 Å². The molecule has 0 spiro atoms. The van der Waals surface area contributed by atoms with Crippen molar-refractivity contribution in [1.82, 2.24) is 10.2 Å². The highest BCUT2D eigenvalue weighted by Crippen LogP contribution is 2.26. The summed E-state index contributed by atoms with van der Waals surface area (Å²) in [7, 11) is 0. The highest BCUT2D eigenvalue weighted by atomic mass is 16.4. The summed E-state index contributed by atoms with van der Waals surface area (Å²) in [5, 5.41) is 11.5. The van der Waals surface area contributed by atoms with E-state index in [1.807, 2.05) is 4.90 Å². The third kappa shape index (κ3) is 3.74. The SMILES string of the molecule is CC(C(=O)O)C(=O)NC1CCCN(C2CCCCC2)C1=O. The number of carbonyl (C=O) groups is 3. The number of aliphatic carboxylic acids is 1. The topological polar surface area (TPSA) is 86.7 Å². The van der Waals surface area contributed by atoms with Crippen molar-refractivity contribution in [3.05, 3.63) is 0 Å². The molecule has 2 rings (SSSR count). The molecule has 1 aliphatic carbocycles. The van der Waals surface area contributed by atoms with Gasteiger partial charge in [-0.1, -0.05) is 19.3 Å². The minimum Gasteiger partial charge on any atom is -0.481 e. The molecular formula is C15H24N2O4. The Hall–Kier alpha value is -1.59. The van der Waals surface area contributed by atoms with Crippen molar-refractivity contribution in [2.45, 2.75) is 64.0 Å². The number of likely N-dealkylation sites (tertiary alicyclic amines) is 1. The van der Waals surface area contributed by atoms with Crippen molar-refractivity contribution in [3.8, 4) is 0 Å². The van der Waals surface area contributed by atoms with Gasteiger partial charge in [0.15, 0.2) is 0 Å². The molecule has 2 fully saturated rings. The van der Waals surface area contributed by atoms with Crippen LogP contribution < -0.4 is 5.32 Å². The average Bonchev–Trinajstić information content (AvgIpc) is 2.49. The second kappa shape index (κ2) is 6.91. The molecule has 1 heterocycles. The Bertz CT molecular complexity index is 418. The van der Waals surface area contributed by atoms with Crippen molar-refractivity contribution in [2.24, 2.45) is 5.92 Å². The molecule has 21 heavy (non-hydrogen) atoms. The molecule has 0 aromatic rings. The van der Waals surface area contributed by atoms with Crippen LogP contribution in [0.1, 0.15) is 51.9 Å². The van der Waals surface area contributed by atoms with Crippen molar-refractivity contribution < 1.29 is 19.5 Å². The van der Waals surface area contributed by atoms with Gasteiger partial charge < -0.3 is 15.3 Å². The van der Waals surface area contributed by atoms with Gasteiger partial charge in [0.1, 0.15) is 12.0 Å². The summed E-state index contributed by atoms with van der Waals surface area (Å²) >= 11 is 0.